The monoisotopic (exact) mass is 343 g/mol. The van der Waals surface area contributed by atoms with Crippen LogP contribution in [0.4, 0.5) is 5.69 Å². The van der Waals surface area contributed by atoms with Crippen LogP contribution >= 0.6 is 22.9 Å². The third-order valence-corrected chi connectivity index (χ3v) is 7.37. The number of para-hydroxylation sites is 1. The summed E-state index contributed by atoms with van der Waals surface area (Å²) in [7, 11) is -3.64. The second-order valence-electron chi connectivity index (χ2n) is 4.96. The minimum Gasteiger partial charge on any atom is -0.388 e. The Labute approximate surface area is 132 Å². The normalized spacial score (nSPS) is 18.6. The number of nitrogens with zero attached hydrogens (tertiary/aromatic N) is 1. The Hall–Kier alpha value is -1.08. The van der Waals surface area contributed by atoms with Crippen molar-refractivity contribution in [2.45, 2.75) is 23.7 Å². The Balaban J connectivity index is 2.10. The van der Waals surface area contributed by atoms with Crippen LogP contribution in [0.15, 0.2) is 34.5 Å². The van der Waals surface area contributed by atoms with Crippen molar-refractivity contribution in [3.63, 3.8) is 0 Å². The lowest BCUT2D eigenvalue weighted by atomic mass is 10.0. The quantitative estimate of drug-likeness (QED) is 0.909. The van der Waals surface area contributed by atoms with Crippen molar-refractivity contribution in [1.29, 1.82) is 0 Å². The van der Waals surface area contributed by atoms with Crippen LogP contribution in [-0.2, 0) is 10.0 Å². The molecule has 1 aliphatic rings. The summed E-state index contributed by atoms with van der Waals surface area (Å²) in [4.78, 5) is 0. The molecule has 2 aromatic rings. The van der Waals surface area contributed by atoms with Gasteiger partial charge in [-0.05, 0) is 31.0 Å². The average Bonchev–Trinajstić information content (AvgIpc) is 2.80. The summed E-state index contributed by atoms with van der Waals surface area (Å²) in [6.45, 7) is 2.04. The second kappa shape index (κ2) is 5.28. The highest BCUT2D eigenvalue weighted by Crippen LogP contribution is 2.39. The van der Waals surface area contributed by atoms with Crippen molar-refractivity contribution in [3.05, 3.63) is 45.8 Å². The molecule has 3 rings (SSSR count). The van der Waals surface area contributed by atoms with E-state index in [9.17, 15) is 13.5 Å². The molecule has 112 valence electrons. The number of sulfonamides is 1. The van der Waals surface area contributed by atoms with E-state index in [4.69, 9.17) is 11.6 Å². The Bertz CT molecular complexity index is 766. The van der Waals surface area contributed by atoms with Gasteiger partial charge in [-0.3, -0.25) is 4.31 Å². The van der Waals surface area contributed by atoms with Crippen LogP contribution in [0.1, 0.15) is 23.7 Å². The fourth-order valence-electron chi connectivity index (χ4n) is 2.43. The first-order valence-electron chi connectivity index (χ1n) is 6.47. The van der Waals surface area contributed by atoms with E-state index in [0.29, 0.717) is 22.0 Å². The molecule has 0 radical (unpaired) electrons. The molecule has 2 heterocycles. The molecule has 4 nitrogen and oxygen atoms in total. The smallest absolute Gasteiger partial charge is 0.273 e. The third kappa shape index (κ3) is 2.46. The first-order chi connectivity index (χ1) is 9.91. The number of aliphatic hydroxyl groups excluding tert-OH is 1. The maximum atomic E-state index is 12.8. The van der Waals surface area contributed by atoms with E-state index in [-0.39, 0.29) is 10.8 Å². The highest BCUT2D eigenvalue weighted by Gasteiger charge is 2.33. The van der Waals surface area contributed by atoms with E-state index in [1.54, 1.807) is 37.3 Å². The van der Waals surface area contributed by atoms with Gasteiger partial charge in [0.25, 0.3) is 10.0 Å². The summed E-state index contributed by atoms with van der Waals surface area (Å²) < 4.78 is 27.7. The van der Waals surface area contributed by atoms with Gasteiger partial charge in [-0.25, -0.2) is 8.42 Å². The Morgan fingerprint density at radius 3 is 2.76 bits per heavy atom. The van der Waals surface area contributed by atoms with Crippen LogP contribution in [0.5, 0.6) is 0 Å². The van der Waals surface area contributed by atoms with Crippen LogP contribution in [0, 0.1) is 6.92 Å². The summed E-state index contributed by atoms with van der Waals surface area (Å²) in [6.07, 6.45) is -0.241. The lowest BCUT2D eigenvalue weighted by Crippen LogP contribution is -2.36. The van der Waals surface area contributed by atoms with Gasteiger partial charge in [-0.2, -0.15) is 0 Å². The molecule has 0 amide bonds. The number of hydrogen-bond acceptors (Lipinski definition) is 4. The van der Waals surface area contributed by atoms with Gasteiger partial charge in [0.15, 0.2) is 0 Å². The first-order valence-corrected chi connectivity index (χ1v) is 9.10. The average molecular weight is 344 g/mol. The number of fused-ring (bicyclic) bond motifs is 1. The fourth-order valence-corrected chi connectivity index (χ4v) is 5.76. The number of aryl methyl sites for hydroxylation is 1. The van der Waals surface area contributed by atoms with Gasteiger partial charge in [0.05, 0.1) is 16.1 Å². The zero-order chi connectivity index (χ0) is 15.2. The molecule has 0 saturated heterocycles. The van der Waals surface area contributed by atoms with Gasteiger partial charge in [0, 0.05) is 12.1 Å². The molecular formula is C14H14ClNO3S2. The SMILES string of the molecule is Cc1cc(S(=O)(=O)N2CCC(O)c3ccccc32)sc1Cl. The Morgan fingerprint density at radius 1 is 1.38 bits per heavy atom. The molecule has 7 heteroatoms. The number of halogens is 1. The molecule has 1 N–H and O–H groups in total. The molecule has 21 heavy (non-hydrogen) atoms. The van der Waals surface area contributed by atoms with Crippen LogP contribution in [0.25, 0.3) is 0 Å². The molecule has 0 spiro atoms. The summed E-state index contributed by atoms with van der Waals surface area (Å²) in [6, 6.07) is 8.64. The fraction of sp³-hybridized carbons (Fsp3) is 0.286. The molecule has 1 aliphatic heterocycles. The van der Waals surface area contributed by atoms with Gasteiger partial charge >= 0.3 is 0 Å². The summed E-state index contributed by atoms with van der Waals surface area (Å²) in [5.41, 5.74) is 1.94. The van der Waals surface area contributed by atoms with Crippen molar-refractivity contribution in [2.24, 2.45) is 0 Å². The lowest BCUT2D eigenvalue weighted by molar-refractivity contribution is 0.166. The zero-order valence-electron chi connectivity index (χ0n) is 11.3. The van der Waals surface area contributed by atoms with Crippen molar-refractivity contribution in [3.8, 4) is 0 Å². The minimum atomic E-state index is -3.64. The van der Waals surface area contributed by atoms with Gasteiger partial charge in [0.2, 0.25) is 0 Å². The first kappa shape index (κ1) is 14.8. The predicted molar refractivity (Wildman–Crippen MR) is 84.6 cm³/mol. The van der Waals surface area contributed by atoms with Crippen LogP contribution in [-0.4, -0.2) is 20.1 Å². The number of thiophene rings is 1. The molecule has 1 unspecified atom stereocenters. The summed E-state index contributed by atoms with van der Waals surface area (Å²) in [5.74, 6) is 0. The number of benzene rings is 1. The number of rotatable bonds is 2. The number of aliphatic hydroxyl groups is 1. The molecule has 0 fully saturated rings. The molecule has 1 atom stereocenters. The van der Waals surface area contributed by atoms with Crippen molar-refractivity contribution >= 4 is 38.6 Å². The largest absolute Gasteiger partial charge is 0.388 e. The van der Waals surface area contributed by atoms with Crippen molar-refractivity contribution in [2.75, 3.05) is 10.8 Å². The van der Waals surface area contributed by atoms with Gasteiger partial charge in [-0.1, -0.05) is 29.8 Å². The summed E-state index contributed by atoms with van der Waals surface area (Å²) >= 11 is 7.06. The molecule has 0 saturated carbocycles. The van der Waals surface area contributed by atoms with Crippen molar-refractivity contribution in [1.82, 2.24) is 0 Å². The molecule has 0 aliphatic carbocycles. The van der Waals surface area contributed by atoms with E-state index < -0.39 is 16.1 Å². The van der Waals surface area contributed by atoms with E-state index >= 15 is 0 Å². The van der Waals surface area contributed by atoms with Crippen LogP contribution < -0.4 is 4.31 Å². The molecule has 0 bridgehead atoms. The highest BCUT2D eigenvalue weighted by atomic mass is 35.5. The van der Waals surface area contributed by atoms with Crippen LogP contribution in [0.2, 0.25) is 4.34 Å². The maximum Gasteiger partial charge on any atom is 0.273 e. The summed E-state index contributed by atoms with van der Waals surface area (Å²) in [5, 5.41) is 10.0. The maximum absolute atomic E-state index is 12.8. The number of anilines is 1. The van der Waals surface area contributed by atoms with E-state index in [1.807, 2.05) is 0 Å². The second-order valence-corrected chi connectivity index (χ2v) is 8.71. The topological polar surface area (TPSA) is 57.6 Å². The van der Waals surface area contributed by atoms with Gasteiger partial charge in [-0.15, -0.1) is 11.3 Å². The third-order valence-electron chi connectivity index (χ3n) is 3.55. The van der Waals surface area contributed by atoms with Crippen molar-refractivity contribution < 1.29 is 13.5 Å². The standard InChI is InChI=1S/C14H14ClNO3S2/c1-9-8-13(20-14(9)15)21(18,19)16-7-6-12(17)10-4-2-3-5-11(10)16/h2-5,8,12,17H,6-7H2,1H3. The number of hydrogen-bond donors (Lipinski definition) is 1. The van der Waals surface area contributed by atoms with E-state index in [2.05, 4.69) is 0 Å². The lowest BCUT2D eigenvalue weighted by Gasteiger charge is -2.32. The van der Waals surface area contributed by atoms with Crippen LogP contribution in [0.3, 0.4) is 0 Å². The highest BCUT2D eigenvalue weighted by molar-refractivity contribution is 7.94. The molecule has 1 aromatic carbocycles. The van der Waals surface area contributed by atoms with E-state index in [1.165, 1.54) is 4.31 Å². The predicted octanol–water partition coefficient (Wildman–Crippen LogP) is 3.34. The van der Waals surface area contributed by atoms with Gasteiger partial charge < -0.3 is 5.11 Å². The zero-order valence-corrected chi connectivity index (χ0v) is 13.7. The molecule has 1 aromatic heterocycles. The van der Waals surface area contributed by atoms with Gasteiger partial charge in [0.1, 0.15) is 4.21 Å². The Morgan fingerprint density at radius 2 is 2.10 bits per heavy atom. The van der Waals surface area contributed by atoms with E-state index in [0.717, 1.165) is 16.9 Å². The minimum absolute atomic E-state index is 0.233. The molecular weight excluding hydrogens is 330 g/mol. The Kier molecular flexibility index (Phi) is 3.73.